The third kappa shape index (κ3) is 3.47. The number of nitro benzene ring substituents is 1. The Hall–Kier alpha value is -3.38. The van der Waals surface area contributed by atoms with Gasteiger partial charge in [-0.25, -0.2) is 0 Å². The molecule has 0 bridgehead atoms. The van der Waals surface area contributed by atoms with Gasteiger partial charge in [-0.05, 0) is 54.5 Å². The van der Waals surface area contributed by atoms with Crippen LogP contribution in [0.5, 0.6) is 0 Å². The number of fused-ring (bicyclic) bond motifs is 1. The molecule has 2 N–H and O–H groups in total. The van der Waals surface area contributed by atoms with Crippen molar-refractivity contribution in [3.8, 4) is 23.3 Å². The number of non-ortho nitro benzene ring substituents is 1. The molecule has 6 heteroatoms. The van der Waals surface area contributed by atoms with Gasteiger partial charge in [0.25, 0.3) is 5.69 Å². The largest absolute Gasteiger partial charge is 0.397 e. The van der Waals surface area contributed by atoms with E-state index in [1.165, 1.54) is 12.1 Å². The number of nitrogens with two attached hydrogens (primary N) is 1. The second-order valence-electron chi connectivity index (χ2n) is 6.79. The zero-order chi connectivity index (χ0) is 19.4. The lowest BCUT2D eigenvalue weighted by atomic mass is 9.83. The van der Waals surface area contributed by atoms with Crippen LogP contribution < -0.4 is 5.73 Å². The Kier molecular flexibility index (Phi) is 5.38. The Labute approximate surface area is 158 Å². The number of benzene rings is 2. The lowest BCUT2D eigenvalue weighted by Gasteiger charge is -2.20. The van der Waals surface area contributed by atoms with Crippen LogP contribution in [0, 0.1) is 32.8 Å². The van der Waals surface area contributed by atoms with E-state index in [2.05, 4.69) is 12.1 Å². The Balaban J connectivity index is 2.30. The highest BCUT2D eigenvalue weighted by Crippen LogP contribution is 2.39. The molecule has 0 fully saturated rings. The third-order valence-electron chi connectivity index (χ3n) is 5.20. The van der Waals surface area contributed by atoms with Crippen molar-refractivity contribution in [3.63, 3.8) is 0 Å². The molecular formula is C21H20N4O2. The Morgan fingerprint density at radius 2 is 1.44 bits per heavy atom. The highest BCUT2D eigenvalue weighted by atomic mass is 16.6. The molecule has 2 aromatic rings. The molecule has 27 heavy (non-hydrogen) atoms. The average Bonchev–Trinajstić information content (AvgIpc) is 2.79. The Bertz CT molecular complexity index is 966. The van der Waals surface area contributed by atoms with E-state index in [1.54, 1.807) is 12.1 Å². The van der Waals surface area contributed by atoms with E-state index in [4.69, 9.17) is 5.73 Å². The van der Waals surface area contributed by atoms with E-state index in [0.29, 0.717) is 11.1 Å². The first-order valence-corrected chi connectivity index (χ1v) is 9.10. The minimum absolute atomic E-state index is 0.00133. The summed E-state index contributed by atoms with van der Waals surface area (Å²) in [6.45, 7) is 0. The summed E-state index contributed by atoms with van der Waals surface area (Å²) in [7, 11) is 0. The summed E-state index contributed by atoms with van der Waals surface area (Å²) in [5.41, 5.74) is 10.5. The van der Waals surface area contributed by atoms with Crippen LogP contribution in [-0.4, -0.2) is 4.92 Å². The molecule has 3 rings (SSSR count). The minimum atomic E-state index is -0.447. The van der Waals surface area contributed by atoms with Crippen molar-refractivity contribution in [1.82, 2.24) is 0 Å². The zero-order valence-corrected chi connectivity index (χ0v) is 15.0. The van der Waals surface area contributed by atoms with Crippen LogP contribution in [0.4, 0.5) is 11.4 Å². The SMILES string of the molecule is N#Cc1c(N)c(C#N)c(-c2ccc([N+](=O)[O-])cc2)c2c1CCCCCCC2. The van der Waals surface area contributed by atoms with Crippen molar-refractivity contribution in [2.75, 3.05) is 5.73 Å². The summed E-state index contributed by atoms with van der Waals surface area (Å²) in [6.07, 6.45) is 6.85. The summed E-state index contributed by atoms with van der Waals surface area (Å²) in [6, 6.07) is 10.6. The fourth-order valence-corrected chi connectivity index (χ4v) is 3.87. The molecule has 2 aromatic carbocycles. The molecule has 0 radical (unpaired) electrons. The minimum Gasteiger partial charge on any atom is -0.397 e. The van der Waals surface area contributed by atoms with Gasteiger partial charge < -0.3 is 5.73 Å². The maximum atomic E-state index is 11.0. The van der Waals surface area contributed by atoms with Crippen LogP contribution in [0.2, 0.25) is 0 Å². The first-order valence-electron chi connectivity index (χ1n) is 9.10. The zero-order valence-electron chi connectivity index (χ0n) is 15.0. The fraction of sp³-hybridized carbons (Fsp3) is 0.333. The van der Waals surface area contributed by atoms with E-state index in [0.717, 1.165) is 67.2 Å². The average molecular weight is 360 g/mol. The van der Waals surface area contributed by atoms with Crippen LogP contribution in [0.3, 0.4) is 0 Å². The van der Waals surface area contributed by atoms with Crippen LogP contribution in [0.15, 0.2) is 24.3 Å². The van der Waals surface area contributed by atoms with E-state index < -0.39 is 4.92 Å². The molecule has 136 valence electrons. The lowest BCUT2D eigenvalue weighted by molar-refractivity contribution is -0.384. The molecule has 1 aliphatic rings. The van der Waals surface area contributed by atoms with Gasteiger partial charge in [-0.3, -0.25) is 10.1 Å². The number of rotatable bonds is 2. The third-order valence-corrected chi connectivity index (χ3v) is 5.20. The molecule has 0 saturated carbocycles. The molecule has 0 aromatic heterocycles. The predicted molar refractivity (Wildman–Crippen MR) is 103 cm³/mol. The summed E-state index contributed by atoms with van der Waals surface area (Å²) < 4.78 is 0. The number of nitro groups is 1. The summed E-state index contributed by atoms with van der Waals surface area (Å²) >= 11 is 0. The number of anilines is 1. The van der Waals surface area contributed by atoms with Crippen molar-refractivity contribution in [2.24, 2.45) is 0 Å². The predicted octanol–water partition coefficient (Wildman–Crippen LogP) is 4.64. The molecule has 6 nitrogen and oxygen atoms in total. The van der Waals surface area contributed by atoms with Gasteiger partial charge in [0, 0.05) is 17.7 Å². The maximum Gasteiger partial charge on any atom is 0.269 e. The van der Waals surface area contributed by atoms with Crippen molar-refractivity contribution >= 4 is 11.4 Å². The summed E-state index contributed by atoms with van der Waals surface area (Å²) in [4.78, 5) is 10.5. The molecular weight excluding hydrogens is 340 g/mol. The first-order chi connectivity index (χ1) is 13.1. The number of nitrogens with zero attached hydrogens (tertiary/aromatic N) is 3. The molecule has 0 spiro atoms. The van der Waals surface area contributed by atoms with Crippen LogP contribution in [-0.2, 0) is 12.8 Å². The fourth-order valence-electron chi connectivity index (χ4n) is 3.87. The van der Waals surface area contributed by atoms with E-state index >= 15 is 0 Å². The second-order valence-corrected chi connectivity index (χ2v) is 6.79. The van der Waals surface area contributed by atoms with Gasteiger partial charge in [-0.1, -0.05) is 19.3 Å². The van der Waals surface area contributed by atoms with Crippen LogP contribution in [0.1, 0.15) is 54.4 Å². The summed E-state index contributed by atoms with van der Waals surface area (Å²) in [5.74, 6) is 0. The molecule has 1 aliphatic carbocycles. The molecule has 0 atom stereocenters. The van der Waals surface area contributed by atoms with E-state index in [9.17, 15) is 20.6 Å². The van der Waals surface area contributed by atoms with Gasteiger partial charge in [0.05, 0.1) is 21.7 Å². The van der Waals surface area contributed by atoms with Gasteiger partial charge >= 0.3 is 0 Å². The van der Waals surface area contributed by atoms with Gasteiger partial charge in [0.15, 0.2) is 0 Å². The molecule has 0 heterocycles. The highest BCUT2D eigenvalue weighted by molar-refractivity contribution is 5.85. The van der Waals surface area contributed by atoms with Crippen LogP contribution >= 0.6 is 0 Å². The molecule has 0 amide bonds. The number of nitrogen functional groups attached to an aromatic ring is 1. The van der Waals surface area contributed by atoms with Crippen molar-refractivity contribution < 1.29 is 4.92 Å². The van der Waals surface area contributed by atoms with Gasteiger partial charge in [0.2, 0.25) is 0 Å². The Morgan fingerprint density at radius 1 is 0.889 bits per heavy atom. The molecule has 0 aliphatic heterocycles. The van der Waals surface area contributed by atoms with Crippen molar-refractivity contribution in [3.05, 3.63) is 56.6 Å². The highest BCUT2D eigenvalue weighted by Gasteiger charge is 2.24. The van der Waals surface area contributed by atoms with Gasteiger partial charge in [-0.2, -0.15) is 10.5 Å². The monoisotopic (exact) mass is 360 g/mol. The van der Waals surface area contributed by atoms with Crippen LogP contribution in [0.25, 0.3) is 11.1 Å². The maximum absolute atomic E-state index is 11.0. The smallest absolute Gasteiger partial charge is 0.269 e. The quantitative estimate of drug-likeness (QED) is 0.476. The lowest BCUT2D eigenvalue weighted by Crippen LogP contribution is -2.08. The molecule has 0 saturated heterocycles. The number of hydrogen-bond acceptors (Lipinski definition) is 5. The van der Waals surface area contributed by atoms with E-state index in [1.807, 2.05) is 0 Å². The topological polar surface area (TPSA) is 117 Å². The molecule has 0 unspecified atom stereocenters. The Morgan fingerprint density at radius 3 is 2.00 bits per heavy atom. The van der Waals surface area contributed by atoms with Gasteiger partial charge in [-0.15, -0.1) is 0 Å². The first kappa shape index (κ1) is 18.4. The summed E-state index contributed by atoms with van der Waals surface area (Å²) in [5, 5.41) is 30.4. The van der Waals surface area contributed by atoms with Gasteiger partial charge in [0.1, 0.15) is 12.1 Å². The number of nitriles is 2. The van der Waals surface area contributed by atoms with Crippen molar-refractivity contribution in [1.29, 1.82) is 10.5 Å². The normalized spacial score (nSPS) is 14.0. The second kappa shape index (κ2) is 7.88. The standard InChI is InChI=1S/C21H20N4O2/c22-12-18-16-6-4-2-1-3-5-7-17(16)20(19(13-23)21(18)24)14-8-10-15(11-9-14)25(26)27/h8-11H,1-7,24H2. The number of hydrogen-bond donors (Lipinski definition) is 1. The van der Waals surface area contributed by atoms with E-state index in [-0.39, 0.29) is 11.4 Å². The van der Waals surface area contributed by atoms with Crippen molar-refractivity contribution in [2.45, 2.75) is 44.9 Å².